The second-order valence-corrected chi connectivity index (χ2v) is 6.52. The Morgan fingerprint density at radius 3 is 2.25 bits per heavy atom. The van der Waals surface area contributed by atoms with Crippen LogP contribution in [0.2, 0.25) is 0 Å². The van der Waals surface area contributed by atoms with Crippen molar-refractivity contribution in [1.29, 1.82) is 0 Å². The molecule has 0 aromatic heterocycles. The number of carbonyl (C=O) groups is 1. The van der Waals surface area contributed by atoms with Gasteiger partial charge in [0, 0.05) is 6.54 Å². The molecule has 1 aliphatic rings. The molecule has 0 bridgehead atoms. The van der Waals surface area contributed by atoms with Crippen LogP contribution >= 0.6 is 0 Å². The van der Waals surface area contributed by atoms with E-state index in [9.17, 15) is 13.6 Å². The van der Waals surface area contributed by atoms with Crippen LogP contribution in [-0.4, -0.2) is 30.2 Å². The number of hydrogen-bond donors (Lipinski definition) is 2. The Labute approximate surface area is 119 Å². The molecule has 118 valence electrons. The van der Waals surface area contributed by atoms with Crippen molar-refractivity contribution >= 4 is 6.09 Å². The summed E-state index contributed by atoms with van der Waals surface area (Å²) < 4.78 is 31.7. The summed E-state index contributed by atoms with van der Waals surface area (Å²) in [6.45, 7) is 5.09. The Bertz CT molecular complexity index is 324. The van der Waals surface area contributed by atoms with Crippen LogP contribution in [0.4, 0.5) is 13.6 Å². The lowest BCUT2D eigenvalue weighted by Crippen LogP contribution is -2.59. The minimum Gasteiger partial charge on any atom is -0.444 e. The van der Waals surface area contributed by atoms with E-state index >= 15 is 0 Å². The zero-order valence-electron chi connectivity index (χ0n) is 12.5. The first-order valence-corrected chi connectivity index (χ1v) is 7.19. The summed E-state index contributed by atoms with van der Waals surface area (Å²) in [7, 11) is 0. The second kappa shape index (κ2) is 6.70. The van der Waals surface area contributed by atoms with E-state index in [-0.39, 0.29) is 6.54 Å². The molecule has 0 spiro atoms. The maximum Gasteiger partial charge on any atom is 0.408 e. The average Bonchev–Trinajstić information content (AvgIpc) is 2.27. The number of alkyl halides is 2. The Morgan fingerprint density at radius 2 is 1.85 bits per heavy atom. The topological polar surface area (TPSA) is 64.3 Å². The molecule has 1 fully saturated rings. The minimum atomic E-state index is -2.55. The molecule has 0 aromatic rings. The molecule has 20 heavy (non-hydrogen) atoms. The normalized spacial score (nSPS) is 20.6. The summed E-state index contributed by atoms with van der Waals surface area (Å²) in [4.78, 5) is 12.0. The number of halogens is 2. The van der Waals surface area contributed by atoms with E-state index in [4.69, 9.17) is 10.5 Å². The average molecular weight is 292 g/mol. The Hall–Kier alpha value is -0.910. The van der Waals surface area contributed by atoms with Gasteiger partial charge in [0.05, 0.1) is 11.5 Å². The predicted octanol–water partition coefficient (Wildman–Crippen LogP) is 3.05. The molecule has 0 saturated heterocycles. The first kappa shape index (κ1) is 17.1. The summed E-state index contributed by atoms with van der Waals surface area (Å²) >= 11 is 0. The zero-order valence-corrected chi connectivity index (χ0v) is 12.5. The van der Waals surface area contributed by atoms with Gasteiger partial charge in [-0.1, -0.05) is 19.3 Å². The zero-order chi connectivity index (χ0) is 15.4. The van der Waals surface area contributed by atoms with Crippen molar-refractivity contribution in [2.24, 2.45) is 11.7 Å². The van der Waals surface area contributed by atoms with Crippen molar-refractivity contribution in [3.05, 3.63) is 0 Å². The monoisotopic (exact) mass is 292 g/mol. The van der Waals surface area contributed by atoms with Gasteiger partial charge >= 0.3 is 6.09 Å². The fraction of sp³-hybridized carbons (Fsp3) is 0.929. The van der Waals surface area contributed by atoms with Crippen molar-refractivity contribution in [3.8, 4) is 0 Å². The number of carbonyl (C=O) groups excluding carboxylic acids is 1. The summed E-state index contributed by atoms with van der Waals surface area (Å²) in [6, 6.07) is 0. The molecule has 0 aromatic carbocycles. The maximum atomic E-state index is 13.2. The molecule has 1 aliphatic carbocycles. The largest absolute Gasteiger partial charge is 0.444 e. The lowest BCUT2D eigenvalue weighted by atomic mass is 9.72. The van der Waals surface area contributed by atoms with E-state index in [0.717, 1.165) is 19.3 Å². The number of nitrogens with one attached hydrogen (secondary N) is 1. The van der Waals surface area contributed by atoms with E-state index < -0.39 is 29.6 Å². The Morgan fingerprint density at radius 1 is 1.30 bits per heavy atom. The highest BCUT2D eigenvalue weighted by Crippen LogP contribution is 2.37. The highest BCUT2D eigenvalue weighted by molar-refractivity contribution is 5.69. The van der Waals surface area contributed by atoms with Gasteiger partial charge in [0.2, 0.25) is 6.43 Å². The van der Waals surface area contributed by atoms with Crippen LogP contribution < -0.4 is 11.1 Å². The number of amides is 1. The van der Waals surface area contributed by atoms with Crippen LogP contribution in [0.5, 0.6) is 0 Å². The van der Waals surface area contributed by atoms with Gasteiger partial charge in [0.25, 0.3) is 0 Å². The van der Waals surface area contributed by atoms with Gasteiger partial charge in [0.1, 0.15) is 5.60 Å². The third-order valence-corrected chi connectivity index (χ3v) is 3.76. The van der Waals surface area contributed by atoms with E-state index in [1.807, 2.05) is 0 Å². The minimum absolute atomic E-state index is 0.145. The van der Waals surface area contributed by atoms with E-state index in [0.29, 0.717) is 12.8 Å². The van der Waals surface area contributed by atoms with Crippen molar-refractivity contribution < 1.29 is 18.3 Å². The summed E-state index contributed by atoms with van der Waals surface area (Å²) in [6.07, 6.45) is 0.499. The molecule has 1 atom stereocenters. The SMILES string of the molecule is CC(C)(C)OC(=O)NC1(C(CN)C(F)F)CCCCC1. The van der Waals surface area contributed by atoms with Gasteiger partial charge < -0.3 is 15.8 Å². The van der Waals surface area contributed by atoms with Crippen LogP contribution in [-0.2, 0) is 4.74 Å². The Balaban J connectivity index is 2.86. The standard InChI is InChI=1S/C14H26F2N2O2/c1-13(2,3)20-12(19)18-14(7-5-4-6-8-14)10(9-17)11(15)16/h10-11H,4-9,17H2,1-3H3,(H,18,19). The smallest absolute Gasteiger partial charge is 0.408 e. The van der Waals surface area contributed by atoms with Crippen molar-refractivity contribution in [1.82, 2.24) is 5.32 Å². The molecule has 1 unspecified atom stereocenters. The summed E-state index contributed by atoms with van der Waals surface area (Å²) in [5, 5.41) is 2.70. The number of ether oxygens (including phenoxy) is 1. The number of hydrogen-bond acceptors (Lipinski definition) is 3. The quantitative estimate of drug-likeness (QED) is 0.837. The van der Waals surface area contributed by atoms with Crippen LogP contribution in [0.15, 0.2) is 0 Å². The molecule has 0 aliphatic heterocycles. The van der Waals surface area contributed by atoms with E-state index in [1.165, 1.54) is 0 Å². The lowest BCUT2D eigenvalue weighted by Gasteiger charge is -2.43. The van der Waals surface area contributed by atoms with Crippen molar-refractivity contribution in [2.75, 3.05) is 6.54 Å². The van der Waals surface area contributed by atoms with Gasteiger partial charge in [0.15, 0.2) is 0 Å². The van der Waals surface area contributed by atoms with Crippen LogP contribution in [0.1, 0.15) is 52.9 Å². The summed E-state index contributed by atoms with van der Waals surface area (Å²) in [5.41, 5.74) is 3.93. The van der Waals surface area contributed by atoms with Gasteiger partial charge in [-0.25, -0.2) is 13.6 Å². The highest BCUT2D eigenvalue weighted by atomic mass is 19.3. The molecule has 0 radical (unpaired) electrons. The molecule has 4 nitrogen and oxygen atoms in total. The van der Waals surface area contributed by atoms with Gasteiger partial charge in [-0.3, -0.25) is 0 Å². The fourth-order valence-electron chi connectivity index (χ4n) is 2.85. The van der Waals surface area contributed by atoms with Gasteiger partial charge in [-0.15, -0.1) is 0 Å². The Kier molecular flexibility index (Phi) is 5.74. The summed E-state index contributed by atoms with van der Waals surface area (Å²) in [5.74, 6) is -1.03. The van der Waals surface area contributed by atoms with Gasteiger partial charge in [-0.2, -0.15) is 0 Å². The predicted molar refractivity (Wildman–Crippen MR) is 73.7 cm³/mol. The third kappa shape index (κ3) is 4.58. The van der Waals surface area contributed by atoms with Crippen molar-refractivity contribution in [2.45, 2.75) is 70.4 Å². The second-order valence-electron chi connectivity index (χ2n) is 6.52. The molecular weight excluding hydrogens is 266 g/mol. The molecule has 1 saturated carbocycles. The molecule has 1 rings (SSSR count). The first-order valence-electron chi connectivity index (χ1n) is 7.19. The van der Waals surface area contributed by atoms with E-state index in [1.54, 1.807) is 20.8 Å². The molecular formula is C14H26F2N2O2. The third-order valence-electron chi connectivity index (χ3n) is 3.76. The number of alkyl carbamates (subject to hydrolysis) is 1. The lowest BCUT2D eigenvalue weighted by molar-refractivity contribution is -0.00622. The first-order chi connectivity index (χ1) is 9.20. The van der Waals surface area contributed by atoms with Crippen molar-refractivity contribution in [3.63, 3.8) is 0 Å². The highest BCUT2D eigenvalue weighted by Gasteiger charge is 2.45. The van der Waals surface area contributed by atoms with E-state index in [2.05, 4.69) is 5.32 Å². The molecule has 3 N–H and O–H groups in total. The van der Waals surface area contributed by atoms with Crippen LogP contribution in [0.3, 0.4) is 0 Å². The van der Waals surface area contributed by atoms with Crippen LogP contribution in [0.25, 0.3) is 0 Å². The number of rotatable bonds is 4. The van der Waals surface area contributed by atoms with Gasteiger partial charge in [-0.05, 0) is 33.6 Å². The molecule has 6 heteroatoms. The number of nitrogens with two attached hydrogens (primary N) is 1. The molecule has 1 amide bonds. The fourth-order valence-corrected chi connectivity index (χ4v) is 2.85. The van der Waals surface area contributed by atoms with Crippen LogP contribution in [0, 0.1) is 5.92 Å². The maximum absolute atomic E-state index is 13.2. The molecule has 0 heterocycles.